The van der Waals surface area contributed by atoms with Crippen molar-refractivity contribution >= 4 is 53.4 Å². The third kappa shape index (κ3) is 2.89. The Labute approximate surface area is 172 Å². The van der Waals surface area contributed by atoms with Gasteiger partial charge in [0, 0.05) is 26.2 Å². The van der Waals surface area contributed by atoms with Crippen molar-refractivity contribution in [2.45, 2.75) is 13.8 Å². The molecule has 0 bridgehead atoms. The number of aryl methyl sites for hydroxylation is 2. The van der Waals surface area contributed by atoms with Gasteiger partial charge < -0.3 is 14.5 Å². The van der Waals surface area contributed by atoms with Crippen LogP contribution in [0.3, 0.4) is 0 Å². The molecule has 0 atom stereocenters. The Morgan fingerprint density at radius 2 is 1.46 bits per heavy atom. The van der Waals surface area contributed by atoms with Gasteiger partial charge >= 0.3 is 0 Å². The summed E-state index contributed by atoms with van der Waals surface area (Å²) in [5, 5.41) is 2.22. The van der Waals surface area contributed by atoms with E-state index in [0.717, 1.165) is 53.2 Å². The number of methoxy groups -OCH3 is 1. The maximum atomic E-state index is 5.46. The molecule has 1 aliphatic rings. The number of para-hydroxylation sites is 1. The fourth-order valence-electron chi connectivity index (χ4n) is 3.68. The lowest BCUT2D eigenvalue weighted by Gasteiger charge is -2.34. The van der Waals surface area contributed by atoms with Gasteiger partial charge in [-0.2, -0.15) is 0 Å². The van der Waals surface area contributed by atoms with Crippen molar-refractivity contribution in [3.63, 3.8) is 0 Å². The molecule has 4 aromatic rings. The van der Waals surface area contributed by atoms with Crippen molar-refractivity contribution in [2.75, 3.05) is 43.1 Å². The van der Waals surface area contributed by atoms with Crippen molar-refractivity contribution in [3.8, 4) is 5.75 Å². The Bertz CT molecular complexity index is 1120. The van der Waals surface area contributed by atoms with Crippen LogP contribution in [0, 0.1) is 13.8 Å². The highest BCUT2D eigenvalue weighted by Gasteiger charge is 2.23. The Morgan fingerprint density at radius 3 is 2.14 bits per heavy atom. The van der Waals surface area contributed by atoms with E-state index in [1.165, 1.54) is 20.5 Å². The van der Waals surface area contributed by atoms with Gasteiger partial charge in [-0.05, 0) is 37.1 Å². The molecule has 0 amide bonds. The zero-order valence-electron chi connectivity index (χ0n) is 16.2. The molecule has 144 valence electrons. The van der Waals surface area contributed by atoms with Crippen LogP contribution in [-0.4, -0.2) is 43.3 Å². The molecule has 1 saturated heterocycles. The van der Waals surface area contributed by atoms with E-state index in [2.05, 4.69) is 41.8 Å². The maximum absolute atomic E-state index is 5.46. The van der Waals surface area contributed by atoms with Crippen LogP contribution in [-0.2, 0) is 0 Å². The van der Waals surface area contributed by atoms with Crippen molar-refractivity contribution in [1.29, 1.82) is 0 Å². The molecule has 28 heavy (non-hydrogen) atoms. The van der Waals surface area contributed by atoms with Crippen molar-refractivity contribution in [3.05, 3.63) is 41.5 Å². The number of thiazole rings is 2. The van der Waals surface area contributed by atoms with Gasteiger partial charge in [-0.25, -0.2) is 9.97 Å². The number of nitrogens with zero attached hydrogens (tertiary/aromatic N) is 4. The predicted molar refractivity (Wildman–Crippen MR) is 120 cm³/mol. The summed E-state index contributed by atoms with van der Waals surface area (Å²) in [5.74, 6) is 0.846. The number of ether oxygens (including phenoxy) is 1. The number of piperazine rings is 1. The van der Waals surface area contributed by atoms with Crippen LogP contribution in [0.1, 0.15) is 11.1 Å². The first-order chi connectivity index (χ1) is 13.6. The number of hydrogen-bond acceptors (Lipinski definition) is 7. The molecule has 0 aliphatic carbocycles. The summed E-state index contributed by atoms with van der Waals surface area (Å²) in [5.41, 5.74) is 4.68. The lowest BCUT2D eigenvalue weighted by Crippen LogP contribution is -2.46. The fraction of sp³-hybridized carbons (Fsp3) is 0.333. The van der Waals surface area contributed by atoms with E-state index in [4.69, 9.17) is 14.7 Å². The van der Waals surface area contributed by atoms with Crippen molar-refractivity contribution < 1.29 is 4.74 Å². The zero-order chi connectivity index (χ0) is 19.3. The average molecular weight is 411 g/mol. The molecule has 1 fully saturated rings. The summed E-state index contributed by atoms with van der Waals surface area (Å²) in [6.45, 7) is 8.15. The molecule has 0 spiro atoms. The van der Waals surface area contributed by atoms with Crippen LogP contribution in [0.4, 0.5) is 10.3 Å². The minimum Gasteiger partial charge on any atom is -0.494 e. The van der Waals surface area contributed by atoms with Crippen molar-refractivity contribution in [2.24, 2.45) is 0 Å². The predicted octanol–water partition coefficient (Wildman–Crippen LogP) is 4.86. The first-order valence-electron chi connectivity index (χ1n) is 9.44. The van der Waals surface area contributed by atoms with E-state index in [0.29, 0.717) is 0 Å². The molecule has 0 unspecified atom stereocenters. The maximum Gasteiger partial charge on any atom is 0.186 e. The second kappa shape index (κ2) is 6.90. The van der Waals surface area contributed by atoms with E-state index in [9.17, 15) is 0 Å². The van der Waals surface area contributed by atoms with Crippen LogP contribution >= 0.6 is 22.7 Å². The van der Waals surface area contributed by atoms with Gasteiger partial charge in [-0.1, -0.05) is 40.9 Å². The molecule has 0 saturated carbocycles. The molecule has 0 radical (unpaired) electrons. The first kappa shape index (κ1) is 17.7. The highest BCUT2D eigenvalue weighted by Crippen LogP contribution is 2.36. The van der Waals surface area contributed by atoms with E-state index in [1.54, 1.807) is 18.4 Å². The Morgan fingerprint density at radius 1 is 0.821 bits per heavy atom. The van der Waals surface area contributed by atoms with E-state index in [-0.39, 0.29) is 0 Å². The van der Waals surface area contributed by atoms with Crippen LogP contribution in [0.5, 0.6) is 5.75 Å². The quantitative estimate of drug-likeness (QED) is 0.483. The number of benzene rings is 2. The number of hydrogen-bond donors (Lipinski definition) is 0. The molecule has 2 aromatic carbocycles. The van der Waals surface area contributed by atoms with E-state index < -0.39 is 0 Å². The molecule has 5 nitrogen and oxygen atoms in total. The normalized spacial score (nSPS) is 15.0. The lowest BCUT2D eigenvalue weighted by atomic mass is 10.1. The highest BCUT2D eigenvalue weighted by molar-refractivity contribution is 7.22. The monoisotopic (exact) mass is 410 g/mol. The topological polar surface area (TPSA) is 41.5 Å². The largest absolute Gasteiger partial charge is 0.494 e. The Kier molecular flexibility index (Phi) is 4.36. The number of fused-ring (bicyclic) bond motifs is 2. The molecule has 2 aromatic heterocycles. The molecule has 0 N–H and O–H groups in total. The second-order valence-corrected chi connectivity index (χ2v) is 9.14. The number of aromatic nitrogens is 2. The number of rotatable bonds is 3. The zero-order valence-corrected chi connectivity index (χ0v) is 17.9. The van der Waals surface area contributed by atoms with Gasteiger partial charge in [-0.15, -0.1) is 0 Å². The standard InChI is InChI=1S/C21H22N4OS2/c1-13-7-8-14(2)19-17(13)22-21(28-19)25-11-9-24(10-12-25)20-23-18-15(26-3)5-4-6-16(18)27-20/h4-8H,9-12H2,1-3H3. The fourth-order valence-corrected chi connectivity index (χ4v) is 5.88. The first-order valence-corrected chi connectivity index (χ1v) is 11.1. The third-order valence-electron chi connectivity index (χ3n) is 5.34. The van der Waals surface area contributed by atoms with Gasteiger partial charge in [-0.3, -0.25) is 0 Å². The van der Waals surface area contributed by atoms with E-state index in [1.807, 2.05) is 23.5 Å². The second-order valence-electron chi connectivity index (χ2n) is 7.15. The van der Waals surface area contributed by atoms with Crippen LogP contribution in [0.2, 0.25) is 0 Å². The Hall–Kier alpha value is -2.38. The highest BCUT2D eigenvalue weighted by atomic mass is 32.1. The SMILES string of the molecule is COc1cccc2sc(N3CCN(c4nc5c(C)ccc(C)c5s4)CC3)nc12. The summed E-state index contributed by atoms with van der Waals surface area (Å²) < 4.78 is 7.95. The van der Waals surface area contributed by atoms with Gasteiger partial charge in [0.25, 0.3) is 0 Å². The summed E-state index contributed by atoms with van der Waals surface area (Å²) in [4.78, 5) is 14.6. The lowest BCUT2D eigenvalue weighted by molar-refractivity contribution is 0.419. The average Bonchev–Trinajstić information content (AvgIpc) is 3.36. The Balaban J connectivity index is 1.37. The van der Waals surface area contributed by atoms with E-state index >= 15 is 0 Å². The van der Waals surface area contributed by atoms with Gasteiger partial charge in [0.1, 0.15) is 11.3 Å². The van der Waals surface area contributed by atoms with Gasteiger partial charge in [0.2, 0.25) is 0 Å². The molecule has 7 heteroatoms. The minimum atomic E-state index is 0.846. The smallest absolute Gasteiger partial charge is 0.186 e. The molecule has 5 rings (SSSR count). The van der Waals surface area contributed by atoms with Gasteiger partial charge in [0.05, 0.1) is 22.0 Å². The summed E-state index contributed by atoms with van der Waals surface area (Å²) >= 11 is 3.56. The van der Waals surface area contributed by atoms with Crippen LogP contribution in [0.15, 0.2) is 30.3 Å². The summed E-state index contributed by atoms with van der Waals surface area (Å²) in [7, 11) is 1.70. The van der Waals surface area contributed by atoms with Crippen LogP contribution in [0.25, 0.3) is 20.4 Å². The molecule has 1 aliphatic heterocycles. The summed E-state index contributed by atoms with van der Waals surface area (Å²) in [6, 6.07) is 10.5. The molecular weight excluding hydrogens is 388 g/mol. The minimum absolute atomic E-state index is 0.846. The van der Waals surface area contributed by atoms with Gasteiger partial charge in [0.15, 0.2) is 10.3 Å². The van der Waals surface area contributed by atoms with Crippen LogP contribution < -0.4 is 14.5 Å². The molecular formula is C21H22N4OS2. The molecule has 3 heterocycles. The number of anilines is 2. The van der Waals surface area contributed by atoms with Crippen molar-refractivity contribution in [1.82, 2.24) is 9.97 Å². The third-order valence-corrected chi connectivity index (χ3v) is 7.68. The summed E-state index contributed by atoms with van der Waals surface area (Å²) in [6.07, 6.45) is 0.